The zero-order valence-corrected chi connectivity index (χ0v) is 11.1. The van der Waals surface area contributed by atoms with Crippen LogP contribution in [0.2, 0.25) is 0 Å². The number of nitrogens with one attached hydrogen (secondary N) is 2. The maximum atomic E-state index is 5.42. The van der Waals surface area contributed by atoms with Crippen LogP contribution in [0.1, 0.15) is 20.3 Å². The summed E-state index contributed by atoms with van der Waals surface area (Å²) in [5, 5.41) is 6.41. The fourth-order valence-corrected chi connectivity index (χ4v) is 1.21. The van der Waals surface area contributed by atoms with E-state index in [0.717, 1.165) is 39.3 Å². The highest BCUT2D eigenvalue weighted by Crippen LogP contribution is 1.86. The Morgan fingerprint density at radius 2 is 1.62 bits per heavy atom. The summed E-state index contributed by atoms with van der Waals surface area (Å²) in [6.07, 6.45) is 1.06. The minimum absolute atomic E-state index is 0.697. The molecule has 0 radical (unpaired) electrons. The van der Waals surface area contributed by atoms with E-state index in [9.17, 15) is 0 Å². The Bertz CT molecular complexity index is 132. The predicted molar refractivity (Wildman–Crippen MR) is 67.9 cm³/mol. The molecule has 0 aromatic rings. The van der Waals surface area contributed by atoms with Crippen molar-refractivity contribution in [2.24, 2.45) is 5.92 Å². The number of rotatable bonds is 12. The summed E-state index contributed by atoms with van der Waals surface area (Å²) in [5.74, 6) is 0.704. The van der Waals surface area contributed by atoms with Gasteiger partial charge in [-0.3, -0.25) is 0 Å². The molecule has 0 atom stereocenters. The highest BCUT2D eigenvalue weighted by atomic mass is 16.5. The van der Waals surface area contributed by atoms with Gasteiger partial charge in [-0.25, -0.2) is 0 Å². The van der Waals surface area contributed by atoms with Gasteiger partial charge in [0.15, 0.2) is 0 Å². The molecule has 0 heterocycles. The van der Waals surface area contributed by atoms with E-state index in [4.69, 9.17) is 9.47 Å². The van der Waals surface area contributed by atoms with E-state index in [0.29, 0.717) is 19.1 Å². The SMILES string of the molecule is CNCCCOCCOCCNCC(C)C. The summed E-state index contributed by atoms with van der Waals surface area (Å²) in [6.45, 7) is 10.4. The molecule has 0 fully saturated rings. The van der Waals surface area contributed by atoms with Gasteiger partial charge in [0.2, 0.25) is 0 Å². The Morgan fingerprint density at radius 3 is 2.25 bits per heavy atom. The molecule has 0 unspecified atom stereocenters. The fraction of sp³-hybridized carbons (Fsp3) is 1.00. The van der Waals surface area contributed by atoms with Crippen LogP contribution in [0, 0.1) is 5.92 Å². The van der Waals surface area contributed by atoms with E-state index in [1.54, 1.807) is 0 Å². The molecule has 0 aromatic carbocycles. The molecule has 0 saturated heterocycles. The molecule has 0 aliphatic heterocycles. The van der Waals surface area contributed by atoms with Gasteiger partial charge in [-0.15, -0.1) is 0 Å². The van der Waals surface area contributed by atoms with Gasteiger partial charge in [0.05, 0.1) is 19.8 Å². The molecule has 2 N–H and O–H groups in total. The second-order valence-electron chi connectivity index (χ2n) is 4.28. The summed E-state index contributed by atoms with van der Waals surface area (Å²) in [7, 11) is 1.95. The maximum Gasteiger partial charge on any atom is 0.0701 e. The van der Waals surface area contributed by atoms with Crippen LogP contribution in [-0.2, 0) is 9.47 Å². The van der Waals surface area contributed by atoms with Crippen molar-refractivity contribution in [3.8, 4) is 0 Å². The van der Waals surface area contributed by atoms with Crippen LogP contribution >= 0.6 is 0 Å². The van der Waals surface area contributed by atoms with E-state index in [1.165, 1.54) is 0 Å². The van der Waals surface area contributed by atoms with Crippen LogP contribution < -0.4 is 10.6 Å². The normalized spacial score (nSPS) is 11.2. The highest BCUT2D eigenvalue weighted by molar-refractivity contribution is 4.49. The first-order valence-electron chi connectivity index (χ1n) is 6.28. The molecule has 98 valence electrons. The summed E-state index contributed by atoms with van der Waals surface area (Å²) in [5.41, 5.74) is 0. The van der Waals surface area contributed by atoms with Crippen molar-refractivity contribution in [3.63, 3.8) is 0 Å². The van der Waals surface area contributed by atoms with Crippen molar-refractivity contribution < 1.29 is 9.47 Å². The zero-order chi connectivity index (χ0) is 12.1. The minimum atomic E-state index is 0.697. The molecule has 0 saturated carbocycles. The molecule has 4 nitrogen and oxygen atoms in total. The lowest BCUT2D eigenvalue weighted by molar-refractivity contribution is 0.0480. The standard InChI is InChI=1S/C12H28N2O2/c1-12(2)11-14-6-8-16-10-9-15-7-4-5-13-3/h12-14H,4-11H2,1-3H3. The van der Waals surface area contributed by atoms with Crippen LogP contribution in [0.5, 0.6) is 0 Å². The second-order valence-corrected chi connectivity index (χ2v) is 4.28. The molecular weight excluding hydrogens is 204 g/mol. The van der Waals surface area contributed by atoms with Crippen LogP contribution in [0.3, 0.4) is 0 Å². The van der Waals surface area contributed by atoms with E-state index in [-0.39, 0.29) is 0 Å². The highest BCUT2D eigenvalue weighted by Gasteiger charge is 1.93. The first kappa shape index (κ1) is 15.8. The maximum absolute atomic E-state index is 5.42. The lowest BCUT2D eigenvalue weighted by Gasteiger charge is -2.08. The lowest BCUT2D eigenvalue weighted by Crippen LogP contribution is -2.24. The fourth-order valence-electron chi connectivity index (χ4n) is 1.21. The third-order valence-electron chi connectivity index (χ3n) is 2.06. The summed E-state index contributed by atoms with van der Waals surface area (Å²) < 4.78 is 10.8. The number of hydrogen-bond acceptors (Lipinski definition) is 4. The third kappa shape index (κ3) is 13.8. The van der Waals surface area contributed by atoms with Gasteiger partial charge in [-0.05, 0) is 32.5 Å². The van der Waals surface area contributed by atoms with Crippen molar-refractivity contribution in [1.82, 2.24) is 10.6 Å². The van der Waals surface area contributed by atoms with Crippen LogP contribution in [0.15, 0.2) is 0 Å². The summed E-state index contributed by atoms with van der Waals surface area (Å²) in [4.78, 5) is 0. The monoisotopic (exact) mass is 232 g/mol. The summed E-state index contributed by atoms with van der Waals surface area (Å²) in [6, 6.07) is 0. The van der Waals surface area contributed by atoms with Gasteiger partial charge in [0.25, 0.3) is 0 Å². The van der Waals surface area contributed by atoms with E-state index in [1.807, 2.05) is 7.05 Å². The molecule has 0 spiro atoms. The second kappa shape index (κ2) is 12.9. The number of hydrogen-bond donors (Lipinski definition) is 2. The molecule has 0 aliphatic rings. The Kier molecular flexibility index (Phi) is 12.8. The molecular formula is C12H28N2O2. The molecule has 4 heteroatoms. The van der Waals surface area contributed by atoms with Gasteiger partial charge in [-0.1, -0.05) is 13.8 Å². The van der Waals surface area contributed by atoms with Gasteiger partial charge < -0.3 is 20.1 Å². The van der Waals surface area contributed by atoms with E-state index in [2.05, 4.69) is 24.5 Å². The molecule has 0 rings (SSSR count). The molecule has 0 aromatic heterocycles. The first-order valence-corrected chi connectivity index (χ1v) is 6.28. The van der Waals surface area contributed by atoms with Gasteiger partial charge in [0, 0.05) is 13.2 Å². The van der Waals surface area contributed by atoms with Crippen LogP contribution in [0.25, 0.3) is 0 Å². The Morgan fingerprint density at radius 1 is 0.938 bits per heavy atom. The van der Waals surface area contributed by atoms with Crippen molar-refractivity contribution in [2.45, 2.75) is 20.3 Å². The largest absolute Gasteiger partial charge is 0.379 e. The zero-order valence-electron chi connectivity index (χ0n) is 11.1. The average Bonchev–Trinajstić information content (AvgIpc) is 2.25. The Hall–Kier alpha value is -0.160. The third-order valence-corrected chi connectivity index (χ3v) is 2.06. The minimum Gasteiger partial charge on any atom is -0.379 e. The smallest absolute Gasteiger partial charge is 0.0701 e. The van der Waals surface area contributed by atoms with Crippen LogP contribution in [0.4, 0.5) is 0 Å². The van der Waals surface area contributed by atoms with E-state index >= 15 is 0 Å². The quantitative estimate of drug-likeness (QED) is 0.490. The van der Waals surface area contributed by atoms with Crippen molar-refractivity contribution >= 4 is 0 Å². The topological polar surface area (TPSA) is 42.5 Å². The molecule has 0 bridgehead atoms. The van der Waals surface area contributed by atoms with E-state index < -0.39 is 0 Å². The first-order chi connectivity index (χ1) is 7.77. The van der Waals surface area contributed by atoms with Gasteiger partial charge >= 0.3 is 0 Å². The molecule has 16 heavy (non-hydrogen) atoms. The Labute approximate surface area is 100 Å². The van der Waals surface area contributed by atoms with Gasteiger partial charge in [0.1, 0.15) is 0 Å². The summed E-state index contributed by atoms with van der Waals surface area (Å²) >= 11 is 0. The Balaban J connectivity index is 2.88. The van der Waals surface area contributed by atoms with Gasteiger partial charge in [-0.2, -0.15) is 0 Å². The van der Waals surface area contributed by atoms with Crippen LogP contribution in [-0.4, -0.2) is 53.1 Å². The number of ether oxygens (including phenoxy) is 2. The average molecular weight is 232 g/mol. The van der Waals surface area contributed by atoms with Crippen molar-refractivity contribution in [3.05, 3.63) is 0 Å². The lowest BCUT2D eigenvalue weighted by atomic mass is 10.2. The molecule has 0 amide bonds. The van der Waals surface area contributed by atoms with Crippen molar-refractivity contribution in [1.29, 1.82) is 0 Å². The van der Waals surface area contributed by atoms with Crippen molar-refractivity contribution in [2.75, 3.05) is 53.1 Å². The molecule has 0 aliphatic carbocycles. The predicted octanol–water partition coefficient (Wildman–Crippen LogP) is 0.875.